The van der Waals surface area contributed by atoms with Crippen molar-refractivity contribution in [1.29, 1.82) is 0 Å². The molecule has 1 atom stereocenters. The van der Waals surface area contributed by atoms with Crippen molar-refractivity contribution in [3.63, 3.8) is 0 Å². The molecule has 28 heavy (non-hydrogen) atoms. The lowest BCUT2D eigenvalue weighted by Crippen LogP contribution is -2.52. The van der Waals surface area contributed by atoms with E-state index in [1.165, 1.54) is 5.56 Å². The molecular formula is C22H32N2O4. The van der Waals surface area contributed by atoms with Crippen LogP contribution in [0.25, 0.3) is 0 Å². The van der Waals surface area contributed by atoms with Crippen LogP contribution in [-0.2, 0) is 24.4 Å². The largest absolute Gasteiger partial charge is 0.494 e. The van der Waals surface area contributed by atoms with Gasteiger partial charge in [-0.05, 0) is 43.2 Å². The van der Waals surface area contributed by atoms with Gasteiger partial charge in [-0.2, -0.15) is 0 Å². The first-order valence-corrected chi connectivity index (χ1v) is 10.1. The second kappa shape index (κ2) is 10.6. The van der Waals surface area contributed by atoms with E-state index in [-0.39, 0.29) is 6.61 Å². The monoisotopic (exact) mass is 388 g/mol. The molecule has 0 spiro atoms. The van der Waals surface area contributed by atoms with Gasteiger partial charge >= 0.3 is 0 Å². The highest BCUT2D eigenvalue weighted by molar-refractivity contribution is 5.27. The first-order chi connectivity index (χ1) is 13.7. The van der Waals surface area contributed by atoms with Crippen LogP contribution in [0.5, 0.6) is 5.75 Å². The standard InChI is InChI=1S/C22H32N2O4/c1-3-27-20-6-4-18(5-7-20)14-24-12-11-23(15-19(24)10-13-25)16-21-8-9-22(28-21)17-26-2/h4-9,19,25H,3,10-17H2,1-2H3. The van der Waals surface area contributed by atoms with Gasteiger partial charge in [0.25, 0.3) is 0 Å². The number of methoxy groups -OCH3 is 1. The second-order valence-corrected chi connectivity index (χ2v) is 7.25. The van der Waals surface area contributed by atoms with E-state index in [0.717, 1.165) is 56.4 Å². The molecule has 1 aromatic carbocycles. The van der Waals surface area contributed by atoms with Crippen molar-refractivity contribution in [1.82, 2.24) is 9.80 Å². The Balaban J connectivity index is 1.57. The van der Waals surface area contributed by atoms with Gasteiger partial charge in [-0.15, -0.1) is 0 Å². The third-order valence-electron chi connectivity index (χ3n) is 5.15. The molecule has 1 N–H and O–H groups in total. The summed E-state index contributed by atoms with van der Waals surface area (Å²) >= 11 is 0. The van der Waals surface area contributed by atoms with Crippen LogP contribution in [0.3, 0.4) is 0 Å². The highest BCUT2D eigenvalue weighted by atomic mass is 16.5. The Bertz CT molecular complexity index is 701. The number of rotatable bonds is 10. The van der Waals surface area contributed by atoms with Crippen molar-refractivity contribution in [2.45, 2.75) is 39.1 Å². The van der Waals surface area contributed by atoms with Gasteiger partial charge in [-0.1, -0.05) is 12.1 Å². The van der Waals surface area contributed by atoms with Gasteiger partial charge in [-0.25, -0.2) is 0 Å². The van der Waals surface area contributed by atoms with Crippen molar-refractivity contribution in [3.8, 4) is 5.75 Å². The number of hydrogen-bond acceptors (Lipinski definition) is 6. The SMILES string of the molecule is CCOc1ccc(CN2CCN(Cc3ccc(COC)o3)CC2CCO)cc1. The Morgan fingerprint density at radius 3 is 2.57 bits per heavy atom. The highest BCUT2D eigenvalue weighted by Crippen LogP contribution is 2.21. The van der Waals surface area contributed by atoms with Crippen LogP contribution in [0.1, 0.15) is 30.4 Å². The van der Waals surface area contributed by atoms with Gasteiger partial charge in [0.15, 0.2) is 0 Å². The van der Waals surface area contributed by atoms with E-state index < -0.39 is 0 Å². The van der Waals surface area contributed by atoms with Gasteiger partial charge in [0.05, 0.1) is 13.2 Å². The fraction of sp³-hybridized carbons (Fsp3) is 0.545. The van der Waals surface area contributed by atoms with Crippen LogP contribution in [0, 0.1) is 0 Å². The van der Waals surface area contributed by atoms with Crippen LogP contribution in [0.2, 0.25) is 0 Å². The van der Waals surface area contributed by atoms with Crippen molar-refractivity contribution in [2.75, 3.05) is 40.0 Å². The number of ether oxygens (including phenoxy) is 2. The molecule has 6 nitrogen and oxygen atoms in total. The predicted molar refractivity (Wildman–Crippen MR) is 108 cm³/mol. The van der Waals surface area contributed by atoms with Gasteiger partial charge in [0, 0.05) is 45.9 Å². The Hall–Kier alpha value is -1.86. The van der Waals surface area contributed by atoms with Crippen molar-refractivity contribution in [2.24, 2.45) is 0 Å². The van der Waals surface area contributed by atoms with Crippen molar-refractivity contribution >= 4 is 0 Å². The lowest BCUT2D eigenvalue weighted by Gasteiger charge is -2.41. The minimum Gasteiger partial charge on any atom is -0.494 e. The summed E-state index contributed by atoms with van der Waals surface area (Å²) in [6, 6.07) is 12.7. The molecule has 6 heteroatoms. The van der Waals surface area contributed by atoms with E-state index in [9.17, 15) is 5.11 Å². The minimum atomic E-state index is 0.205. The summed E-state index contributed by atoms with van der Waals surface area (Å²) in [5.41, 5.74) is 1.27. The molecule has 3 rings (SSSR count). The van der Waals surface area contributed by atoms with Gasteiger partial charge in [0.1, 0.15) is 23.9 Å². The van der Waals surface area contributed by atoms with Crippen molar-refractivity contribution in [3.05, 3.63) is 53.5 Å². The van der Waals surface area contributed by atoms with Gasteiger partial charge in [0.2, 0.25) is 0 Å². The predicted octanol–water partition coefficient (Wildman–Crippen LogP) is 2.89. The number of benzene rings is 1. The molecule has 0 amide bonds. The third kappa shape index (κ3) is 5.82. The molecule has 0 aliphatic carbocycles. The molecule has 0 bridgehead atoms. The normalized spacial score (nSPS) is 18.5. The molecule has 2 heterocycles. The zero-order chi connectivity index (χ0) is 19.8. The number of furan rings is 1. The number of nitrogens with zero attached hydrogens (tertiary/aromatic N) is 2. The van der Waals surface area contributed by atoms with E-state index in [2.05, 4.69) is 21.9 Å². The Labute approximate surface area is 167 Å². The maximum atomic E-state index is 9.54. The Morgan fingerprint density at radius 1 is 1.07 bits per heavy atom. The molecule has 1 aromatic heterocycles. The summed E-state index contributed by atoms with van der Waals surface area (Å²) in [5, 5.41) is 9.54. The van der Waals surface area contributed by atoms with Crippen LogP contribution in [0.15, 0.2) is 40.8 Å². The number of piperazine rings is 1. The van der Waals surface area contributed by atoms with Crippen LogP contribution < -0.4 is 4.74 Å². The van der Waals surface area contributed by atoms with E-state index in [1.807, 2.05) is 31.2 Å². The first-order valence-electron chi connectivity index (χ1n) is 10.1. The minimum absolute atomic E-state index is 0.205. The maximum Gasteiger partial charge on any atom is 0.129 e. The lowest BCUT2D eigenvalue weighted by molar-refractivity contribution is 0.0462. The number of aliphatic hydroxyl groups is 1. The van der Waals surface area contributed by atoms with Crippen LogP contribution in [0.4, 0.5) is 0 Å². The molecule has 0 radical (unpaired) electrons. The summed E-state index contributed by atoms with van der Waals surface area (Å²) in [6.07, 6.45) is 0.778. The van der Waals surface area contributed by atoms with Crippen LogP contribution in [-0.4, -0.2) is 60.9 Å². The van der Waals surface area contributed by atoms with Gasteiger partial charge < -0.3 is 19.0 Å². The van der Waals surface area contributed by atoms with E-state index in [1.54, 1.807) is 7.11 Å². The smallest absolute Gasteiger partial charge is 0.129 e. The lowest BCUT2D eigenvalue weighted by atomic mass is 10.1. The Morgan fingerprint density at radius 2 is 1.86 bits per heavy atom. The molecule has 154 valence electrons. The Kier molecular flexibility index (Phi) is 7.91. The quantitative estimate of drug-likeness (QED) is 0.675. The fourth-order valence-corrected chi connectivity index (χ4v) is 3.77. The number of hydrogen-bond donors (Lipinski definition) is 1. The fourth-order valence-electron chi connectivity index (χ4n) is 3.77. The zero-order valence-corrected chi connectivity index (χ0v) is 17.0. The molecule has 1 saturated heterocycles. The van der Waals surface area contributed by atoms with Gasteiger partial charge in [-0.3, -0.25) is 9.80 Å². The average Bonchev–Trinajstić information content (AvgIpc) is 3.13. The average molecular weight is 389 g/mol. The molecule has 1 aliphatic heterocycles. The van der Waals surface area contributed by atoms with Crippen LogP contribution >= 0.6 is 0 Å². The molecule has 1 aliphatic rings. The first kappa shape index (κ1) is 20.9. The molecule has 1 unspecified atom stereocenters. The zero-order valence-electron chi connectivity index (χ0n) is 17.0. The maximum absolute atomic E-state index is 9.54. The molecule has 2 aromatic rings. The highest BCUT2D eigenvalue weighted by Gasteiger charge is 2.27. The molecule has 1 fully saturated rings. The third-order valence-corrected chi connectivity index (χ3v) is 5.15. The summed E-state index contributed by atoms with van der Waals surface area (Å²) in [7, 11) is 1.67. The summed E-state index contributed by atoms with van der Waals surface area (Å²) < 4.78 is 16.5. The summed E-state index contributed by atoms with van der Waals surface area (Å²) in [6.45, 7) is 7.96. The van der Waals surface area contributed by atoms with E-state index in [4.69, 9.17) is 13.9 Å². The van der Waals surface area contributed by atoms with E-state index in [0.29, 0.717) is 19.3 Å². The number of aliphatic hydroxyl groups excluding tert-OH is 1. The van der Waals surface area contributed by atoms with Crippen molar-refractivity contribution < 1.29 is 19.0 Å². The summed E-state index contributed by atoms with van der Waals surface area (Å²) in [4.78, 5) is 4.88. The van der Waals surface area contributed by atoms with E-state index >= 15 is 0 Å². The second-order valence-electron chi connectivity index (χ2n) is 7.25. The topological polar surface area (TPSA) is 58.3 Å². The molecule has 0 saturated carbocycles. The summed E-state index contributed by atoms with van der Waals surface area (Å²) in [5.74, 6) is 2.74. The molecular weight excluding hydrogens is 356 g/mol.